The van der Waals surface area contributed by atoms with Crippen LogP contribution in [0.25, 0.3) is 0 Å². The third kappa shape index (κ3) is 2.36. The van der Waals surface area contributed by atoms with Crippen LogP contribution in [0.2, 0.25) is 0 Å². The molecule has 78 valence electrons. The van der Waals surface area contributed by atoms with E-state index in [1.165, 1.54) is 0 Å². The number of amides is 3. The highest BCUT2D eigenvalue weighted by Crippen LogP contribution is 2.22. The zero-order valence-corrected chi connectivity index (χ0v) is 9.37. The molecule has 1 heterocycles. The Bertz CT molecular complexity index is 404. The minimum atomic E-state index is -0.434. The van der Waals surface area contributed by atoms with E-state index in [9.17, 15) is 9.59 Å². The lowest BCUT2D eigenvalue weighted by atomic mass is 10.0. The van der Waals surface area contributed by atoms with Crippen LogP contribution in [0.15, 0.2) is 28.7 Å². The van der Waals surface area contributed by atoms with Crippen LogP contribution in [-0.4, -0.2) is 11.9 Å². The van der Waals surface area contributed by atoms with Crippen molar-refractivity contribution in [2.45, 2.75) is 12.5 Å². The lowest BCUT2D eigenvalue weighted by molar-refractivity contribution is -0.121. The molecule has 0 saturated carbocycles. The maximum atomic E-state index is 11.2. The summed E-state index contributed by atoms with van der Waals surface area (Å²) in [6, 6.07) is 6.88. The molecular formula is C10H9BrN2O2. The Hall–Kier alpha value is -1.36. The predicted octanol–water partition coefficient (Wildman–Crippen LogP) is 1.72. The average molecular weight is 269 g/mol. The Labute approximate surface area is 95.2 Å². The number of imide groups is 1. The molecule has 1 aliphatic rings. The van der Waals surface area contributed by atoms with E-state index in [-0.39, 0.29) is 18.4 Å². The van der Waals surface area contributed by atoms with Gasteiger partial charge in [0.05, 0.1) is 12.5 Å². The molecule has 0 radical (unpaired) electrons. The number of benzene rings is 1. The minimum absolute atomic E-state index is 0.233. The van der Waals surface area contributed by atoms with Gasteiger partial charge in [0.15, 0.2) is 0 Å². The molecule has 0 unspecified atom stereocenters. The highest BCUT2D eigenvalue weighted by molar-refractivity contribution is 9.10. The number of carbonyl (C=O) groups excluding carboxylic acids is 2. The van der Waals surface area contributed by atoms with Gasteiger partial charge in [-0.2, -0.15) is 0 Å². The summed E-state index contributed by atoms with van der Waals surface area (Å²) in [4.78, 5) is 22.2. The monoisotopic (exact) mass is 268 g/mol. The number of hydrogen-bond acceptors (Lipinski definition) is 2. The van der Waals surface area contributed by atoms with Crippen molar-refractivity contribution in [3.05, 3.63) is 34.3 Å². The smallest absolute Gasteiger partial charge is 0.321 e. The van der Waals surface area contributed by atoms with Gasteiger partial charge in [-0.3, -0.25) is 10.1 Å². The zero-order valence-electron chi connectivity index (χ0n) is 7.79. The van der Waals surface area contributed by atoms with E-state index in [1.54, 1.807) is 0 Å². The lowest BCUT2D eigenvalue weighted by Crippen LogP contribution is -2.48. The van der Waals surface area contributed by atoms with Crippen LogP contribution in [0, 0.1) is 0 Å². The van der Waals surface area contributed by atoms with E-state index in [2.05, 4.69) is 26.6 Å². The summed E-state index contributed by atoms with van der Waals surface area (Å²) in [7, 11) is 0. The minimum Gasteiger partial charge on any atom is -0.330 e. The Morgan fingerprint density at radius 1 is 1.33 bits per heavy atom. The van der Waals surface area contributed by atoms with Gasteiger partial charge in [0.25, 0.3) is 0 Å². The fourth-order valence-electron chi connectivity index (χ4n) is 1.53. The second kappa shape index (κ2) is 4.02. The van der Waals surface area contributed by atoms with Gasteiger partial charge >= 0.3 is 6.03 Å². The van der Waals surface area contributed by atoms with Gasteiger partial charge in [-0.05, 0) is 17.7 Å². The first-order valence-electron chi connectivity index (χ1n) is 4.51. The molecule has 1 aliphatic heterocycles. The van der Waals surface area contributed by atoms with Gasteiger partial charge in [-0.25, -0.2) is 4.79 Å². The Balaban J connectivity index is 2.23. The summed E-state index contributed by atoms with van der Waals surface area (Å²) in [5.74, 6) is -0.247. The van der Waals surface area contributed by atoms with Crippen molar-refractivity contribution >= 4 is 27.9 Å². The molecule has 3 amide bonds. The summed E-state index contributed by atoms with van der Waals surface area (Å²) in [5, 5.41) is 4.89. The van der Waals surface area contributed by atoms with Crippen LogP contribution >= 0.6 is 15.9 Å². The highest BCUT2D eigenvalue weighted by Gasteiger charge is 2.24. The zero-order chi connectivity index (χ0) is 10.8. The first-order chi connectivity index (χ1) is 7.15. The molecule has 5 heteroatoms. The summed E-state index contributed by atoms with van der Waals surface area (Å²) in [6.45, 7) is 0. The van der Waals surface area contributed by atoms with Crippen LogP contribution in [0.4, 0.5) is 4.79 Å². The maximum absolute atomic E-state index is 11.2. The molecule has 2 N–H and O–H groups in total. The van der Waals surface area contributed by atoms with E-state index >= 15 is 0 Å². The first-order valence-corrected chi connectivity index (χ1v) is 5.30. The van der Waals surface area contributed by atoms with Crippen LogP contribution in [0.3, 0.4) is 0 Å². The second-order valence-electron chi connectivity index (χ2n) is 3.33. The topological polar surface area (TPSA) is 58.2 Å². The van der Waals surface area contributed by atoms with Crippen molar-refractivity contribution in [1.29, 1.82) is 0 Å². The predicted molar refractivity (Wildman–Crippen MR) is 58.2 cm³/mol. The SMILES string of the molecule is O=C1C[C@H](c2cccc(Br)c2)NC(=O)N1. The van der Waals surface area contributed by atoms with Gasteiger partial charge in [0, 0.05) is 4.47 Å². The van der Waals surface area contributed by atoms with Crippen molar-refractivity contribution in [1.82, 2.24) is 10.6 Å². The largest absolute Gasteiger partial charge is 0.330 e. The standard InChI is InChI=1S/C10H9BrN2O2/c11-7-3-1-2-6(4-7)8-5-9(14)13-10(15)12-8/h1-4,8H,5H2,(H2,12,13,14,15)/t8-/m1/s1. The second-order valence-corrected chi connectivity index (χ2v) is 4.25. The molecule has 0 aromatic heterocycles. The number of halogens is 1. The molecular weight excluding hydrogens is 260 g/mol. The molecule has 4 nitrogen and oxygen atoms in total. The summed E-state index contributed by atoms with van der Waals surface area (Å²) >= 11 is 3.35. The van der Waals surface area contributed by atoms with Gasteiger partial charge in [0.2, 0.25) is 5.91 Å². The maximum Gasteiger partial charge on any atom is 0.321 e. The van der Waals surface area contributed by atoms with Gasteiger partial charge < -0.3 is 5.32 Å². The molecule has 1 saturated heterocycles. The molecule has 0 aliphatic carbocycles. The normalized spacial score (nSPS) is 20.7. The fraction of sp³-hybridized carbons (Fsp3) is 0.200. The molecule has 0 spiro atoms. The van der Waals surface area contributed by atoms with E-state index in [0.717, 1.165) is 10.0 Å². The Morgan fingerprint density at radius 3 is 2.80 bits per heavy atom. The number of carbonyl (C=O) groups is 2. The number of hydrogen-bond donors (Lipinski definition) is 2. The molecule has 1 fully saturated rings. The molecule has 0 bridgehead atoms. The van der Waals surface area contributed by atoms with Gasteiger partial charge in [0.1, 0.15) is 0 Å². The summed E-state index contributed by atoms with van der Waals surface area (Å²) < 4.78 is 0.931. The average Bonchev–Trinajstić information content (AvgIpc) is 2.16. The molecule has 1 aromatic rings. The van der Waals surface area contributed by atoms with E-state index in [4.69, 9.17) is 0 Å². The molecule has 2 rings (SSSR count). The number of nitrogens with one attached hydrogen (secondary N) is 2. The van der Waals surface area contributed by atoms with Crippen LogP contribution in [0.5, 0.6) is 0 Å². The van der Waals surface area contributed by atoms with E-state index in [0.29, 0.717) is 0 Å². The van der Waals surface area contributed by atoms with Crippen LogP contribution in [-0.2, 0) is 4.79 Å². The summed E-state index contributed by atoms with van der Waals surface area (Å²) in [6.07, 6.45) is 0.280. The number of urea groups is 1. The van der Waals surface area contributed by atoms with Gasteiger partial charge in [-0.1, -0.05) is 28.1 Å². The van der Waals surface area contributed by atoms with Gasteiger partial charge in [-0.15, -0.1) is 0 Å². The van der Waals surface area contributed by atoms with Crippen molar-refractivity contribution in [3.63, 3.8) is 0 Å². The third-order valence-corrected chi connectivity index (χ3v) is 2.69. The van der Waals surface area contributed by atoms with E-state index in [1.807, 2.05) is 24.3 Å². The molecule has 15 heavy (non-hydrogen) atoms. The van der Waals surface area contributed by atoms with Crippen molar-refractivity contribution in [3.8, 4) is 0 Å². The number of rotatable bonds is 1. The van der Waals surface area contributed by atoms with Crippen LogP contribution < -0.4 is 10.6 Å². The van der Waals surface area contributed by atoms with Crippen LogP contribution in [0.1, 0.15) is 18.0 Å². The Morgan fingerprint density at radius 2 is 2.13 bits per heavy atom. The van der Waals surface area contributed by atoms with Crippen molar-refractivity contribution in [2.24, 2.45) is 0 Å². The first kappa shape index (κ1) is 10.2. The highest BCUT2D eigenvalue weighted by atomic mass is 79.9. The fourth-order valence-corrected chi connectivity index (χ4v) is 1.95. The van der Waals surface area contributed by atoms with E-state index < -0.39 is 6.03 Å². The molecule has 1 aromatic carbocycles. The molecule has 1 atom stereocenters. The Kier molecular flexibility index (Phi) is 2.73. The summed E-state index contributed by atoms with van der Waals surface area (Å²) in [5.41, 5.74) is 0.924. The quantitative estimate of drug-likeness (QED) is 0.815. The lowest BCUT2D eigenvalue weighted by Gasteiger charge is -2.23. The van der Waals surface area contributed by atoms with Crippen molar-refractivity contribution in [2.75, 3.05) is 0 Å². The van der Waals surface area contributed by atoms with Crippen molar-refractivity contribution < 1.29 is 9.59 Å². The third-order valence-electron chi connectivity index (χ3n) is 2.20.